The molecule has 0 aromatic heterocycles. The lowest BCUT2D eigenvalue weighted by Crippen LogP contribution is -2.25. The Morgan fingerprint density at radius 3 is 2.71 bits per heavy atom. The zero-order valence-corrected chi connectivity index (χ0v) is 12.8. The monoisotopic (exact) mass is 295 g/mol. The molecule has 6 heteroatoms. The van der Waals surface area contributed by atoms with Gasteiger partial charge in [0, 0.05) is 32.3 Å². The fourth-order valence-corrected chi connectivity index (χ4v) is 2.21. The SMILES string of the molecule is CCCNc1c(CN(CC)CCCO)cccc1[N+](=O)[O-]. The van der Waals surface area contributed by atoms with Crippen molar-refractivity contribution in [2.24, 2.45) is 0 Å². The predicted octanol–water partition coefficient (Wildman–Crippen LogP) is 2.62. The van der Waals surface area contributed by atoms with Gasteiger partial charge in [-0.2, -0.15) is 0 Å². The van der Waals surface area contributed by atoms with E-state index in [1.54, 1.807) is 6.07 Å². The number of aliphatic hydroxyl groups excluding tert-OH is 1. The molecule has 0 atom stereocenters. The fourth-order valence-electron chi connectivity index (χ4n) is 2.21. The zero-order valence-electron chi connectivity index (χ0n) is 12.8. The summed E-state index contributed by atoms with van der Waals surface area (Å²) in [5, 5.41) is 23.3. The maximum absolute atomic E-state index is 11.2. The van der Waals surface area contributed by atoms with Gasteiger partial charge < -0.3 is 10.4 Å². The highest BCUT2D eigenvalue weighted by molar-refractivity contribution is 5.66. The zero-order chi connectivity index (χ0) is 15.7. The van der Waals surface area contributed by atoms with Crippen LogP contribution in [0.1, 0.15) is 32.3 Å². The standard InChI is InChI=1S/C15H25N3O3/c1-3-9-16-15-13(7-5-8-14(15)18(20)21)12-17(4-2)10-6-11-19/h5,7-8,16,19H,3-4,6,9-12H2,1-2H3. The molecule has 21 heavy (non-hydrogen) atoms. The molecule has 0 radical (unpaired) electrons. The molecule has 0 spiro atoms. The van der Waals surface area contributed by atoms with E-state index in [2.05, 4.69) is 10.2 Å². The van der Waals surface area contributed by atoms with Crippen LogP contribution in [0.4, 0.5) is 11.4 Å². The van der Waals surface area contributed by atoms with Crippen LogP contribution in [0, 0.1) is 10.1 Å². The van der Waals surface area contributed by atoms with E-state index >= 15 is 0 Å². The predicted molar refractivity (Wildman–Crippen MR) is 84.5 cm³/mol. The molecule has 0 amide bonds. The number of para-hydroxylation sites is 1. The van der Waals surface area contributed by atoms with Crippen LogP contribution in [-0.2, 0) is 6.54 Å². The lowest BCUT2D eigenvalue weighted by atomic mass is 10.1. The Hall–Kier alpha value is -1.66. The van der Waals surface area contributed by atoms with Gasteiger partial charge in [0.25, 0.3) is 5.69 Å². The van der Waals surface area contributed by atoms with E-state index in [9.17, 15) is 10.1 Å². The Balaban J connectivity index is 2.97. The minimum Gasteiger partial charge on any atom is -0.396 e. The molecule has 1 aromatic rings. The van der Waals surface area contributed by atoms with Crippen LogP contribution in [0.2, 0.25) is 0 Å². The largest absolute Gasteiger partial charge is 0.396 e. The molecular weight excluding hydrogens is 270 g/mol. The molecule has 0 bridgehead atoms. The molecule has 0 saturated heterocycles. The summed E-state index contributed by atoms with van der Waals surface area (Å²) < 4.78 is 0. The van der Waals surface area contributed by atoms with Crippen molar-refractivity contribution >= 4 is 11.4 Å². The van der Waals surface area contributed by atoms with E-state index in [0.717, 1.165) is 25.1 Å². The molecule has 6 nitrogen and oxygen atoms in total. The quantitative estimate of drug-likeness (QED) is 0.512. The summed E-state index contributed by atoms with van der Waals surface area (Å²) in [6, 6.07) is 5.18. The number of hydrogen-bond acceptors (Lipinski definition) is 5. The van der Waals surface area contributed by atoms with Crippen molar-refractivity contribution in [3.05, 3.63) is 33.9 Å². The minimum absolute atomic E-state index is 0.124. The maximum Gasteiger partial charge on any atom is 0.292 e. The van der Waals surface area contributed by atoms with Crippen LogP contribution in [0.15, 0.2) is 18.2 Å². The second-order valence-corrected chi connectivity index (χ2v) is 4.94. The third-order valence-corrected chi connectivity index (χ3v) is 3.35. The molecule has 1 rings (SSSR count). The summed E-state index contributed by atoms with van der Waals surface area (Å²) in [5.74, 6) is 0. The van der Waals surface area contributed by atoms with Crippen molar-refractivity contribution in [1.82, 2.24) is 4.90 Å². The molecule has 0 aliphatic heterocycles. The Labute approximate surface area is 125 Å². The average Bonchev–Trinajstić information content (AvgIpc) is 2.49. The first kappa shape index (κ1) is 17.4. The van der Waals surface area contributed by atoms with Gasteiger partial charge >= 0.3 is 0 Å². The van der Waals surface area contributed by atoms with Gasteiger partial charge in [-0.1, -0.05) is 26.0 Å². The third kappa shape index (κ3) is 5.32. The van der Waals surface area contributed by atoms with E-state index in [-0.39, 0.29) is 17.2 Å². The van der Waals surface area contributed by atoms with Crippen LogP contribution >= 0.6 is 0 Å². The smallest absolute Gasteiger partial charge is 0.292 e. The number of hydrogen-bond donors (Lipinski definition) is 2. The summed E-state index contributed by atoms with van der Waals surface area (Å²) >= 11 is 0. The molecule has 118 valence electrons. The number of anilines is 1. The average molecular weight is 295 g/mol. The van der Waals surface area contributed by atoms with Crippen molar-refractivity contribution < 1.29 is 10.0 Å². The van der Waals surface area contributed by atoms with E-state index in [1.165, 1.54) is 6.07 Å². The first-order chi connectivity index (χ1) is 10.1. The summed E-state index contributed by atoms with van der Waals surface area (Å²) in [5.41, 5.74) is 1.67. The third-order valence-electron chi connectivity index (χ3n) is 3.35. The summed E-state index contributed by atoms with van der Waals surface area (Å²) in [4.78, 5) is 13.0. The van der Waals surface area contributed by atoms with Crippen molar-refractivity contribution in [2.75, 3.05) is 31.6 Å². The van der Waals surface area contributed by atoms with Gasteiger partial charge in [0.1, 0.15) is 5.69 Å². The van der Waals surface area contributed by atoms with Crippen LogP contribution in [0.25, 0.3) is 0 Å². The second kappa shape index (κ2) is 9.31. The van der Waals surface area contributed by atoms with Gasteiger partial charge in [0.15, 0.2) is 0 Å². The lowest BCUT2D eigenvalue weighted by molar-refractivity contribution is -0.384. The fraction of sp³-hybridized carbons (Fsp3) is 0.600. The summed E-state index contributed by atoms with van der Waals surface area (Å²) in [7, 11) is 0. The van der Waals surface area contributed by atoms with Crippen LogP contribution < -0.4 is 5.32 Å². The van der Waals surface area contributed by atoms with Crippen molar-refractivity contribution in [2.45, 2.75) is 33.2 Å². The van der Waals surface area contributed by atoms with E-state index < -0.39 is 0 Å². The molecule has 0 heterocycles. The number of nitro benzene ring substituents is 1. The molecule has 0 aliphatic rings. The topological polar surface area (TPSA) is 78.6 Å². The van der Waals surface area contributed by atoms with Gasteiger partial charge in [-0.05, 0) is 24.9 Å². The van der Waals surface area contributed by atoms with Gasteiger partial charge in [0.2, 0.25) is 0 Å². The highest BCUT2D eigenvalue weighted by atomic mass is 16.6. The van der Waals surface area contributed by atoms with Crippen molar-refractivity contribution in [1.29, 1.82) is 0 Å². The molecule has 0 fully saturated rings. The first-order valence-electron chi connectivity index (χ1n) is 7.47. The van der Waals surface area contributed by atoms with Crippen molar-refractivity contribution in [3.63, 3.8) is 0 Å². The van der Waals surface area contributed by atoms with Crippen LogP contribution in [0.3, 0.4) is 0 Å². The maximum atomic E-state index is 11.2. The van der Waals surface area contributed by atoms with Crippen LogP contribution in [0.5, 0.6) is 0 Å². The summed E-state index contributed by atoms with van der Waals surface area (Å²) in [6.45, 7) is 7.21. The van der Waals surface area contributed by atoms with E-state index in [0.29, 0.717) is 25.2 Å². The highest BCUT2D eigenvalue weighted by Gasteiger charge is 2.18. The van der Waals surface area contributed by atoms with Gasteiger partial charge in [0.05, 0.1) is 4.92 Å². The molecule has 0 saturated carbocycles. The Morgan fingerprint density at radius 1 is 1.38 bits per heavy atom. The molecule has 2 N–H and O–H groups in total. The number of benzene rings is 1. The molecule has 0 unspecified atom stereocenters. The molecular formula is C15H25N3O3. The normalized spacial score (nSPS) is 10.9. The number of aliphatic hydroxyl groups is 1. The van der Waals surface area contributed by atoms with E-state index in [4.69, 9.17) is 5.11 Å². The van der Waals surface area contributed by atoms with Gasteiger partial charge in [-0.15, -0.1) is 0 Å². The number of nitrogens with zero attached hydrogens (tertiary/aromatic N) is 2. The molecule has 1 aromatic carbocycles. The van der Waals surface area contributed by atoms with Gasteiger partial charge in [-0.25, -0.2) is 0 Å². The number of nitro groups is 1. The first-order valence-corrected chi connectivity index (χ1v) is 7.47. The highest BCUT2D eigenvalue weighted by Crippen LogP contribution is 2.29. The number of rotatable bonds is 10. The van der Waals surface area contributed by atoms with Crippen molar-refractivity contribution in [3.8, 4) is 0 Å². The minimum atomic E-state index is -0.342. The Kier molecular flexibility index (Phi) is 7.71. The molecule has 0 aliphatic carbocycles. The second-order valence-electron chi connectivity index (χ2n) is 4.94. The summed E-state index contributed by atoms with van der Waals surface area (Å²) in [6.07, 6.45) is 1.62. The Bertz CT molecular complexity index is 452. The number of nitrogens with one attached hydrogen (secondary N) is 1. The van der Waals surface area contributed by atoms with Crippen LogP contribution in [-0.4, -0.2) is 41.2 Å². The lowest BCUT2D eigenvalue weighted by Gasteiger charge is -2.22. The van der Waals surface area contributed by atoms with E-state index in [1.807, 2.05) is 19.9 Å². The Morgan fingerprint density at radius 2 is 2.14 bits per heavy atom. The van der Waals surface area contributed by atoms with Gasteiger partial charge in [-0.3, -0.25) is 15.0 Å².